The van der Waals surface area contributed by atoms with Gasteiger partial charge in [-0.1, -0.05) is 12.1 Å². The number of carbonyl (C=O) groups is 2. The van der Waals surface area contributed by atoms with Crippen LogP contribution in [0.3, 0.4) is 0 Å². The summed E-state index contributed by atoms with van der Waals surface area (Å²) >= 11 is 0. The number of nitrogens with one attached hydrogen (secondary N) is 1. The minimum Gasteiger partial charge on any atom is -0.353 e. The first-order valence-corrected chi connectivity index (χ1v) is 6.23. The molecule has 0 unspecified atom stereocenters. The van der Waals surface area contributed by atoms with Gasteiger partial charge in [0.25, 0.3) is 0 Å². The Balaban J connectivity index is 2.12. The van der Waals surface area contributed by atoms with Gasteiger partial charge in [-0.15, -0.1) is 0 Å². The molecular formula is C14H17FN2O2. The lowest BCUT2D eigenvalue weighted by Crippen LogP contribution is -2.62. The minimum atomic E-state index is -0.721. The fourth-order valence-corrected chi connectivity index (χ4v) is 2.15. The van der Waals surface area contributed by atoms with E-state index in [1.807, 2.05) is 4.90 Å². The Bertz CT molecular complexity index is 514. The molecule has 1 N–H and O–H groups in total. The number of hydrogen-bond acceptors (Lipinski definition) is 3. The average molecular weight is 264 g/mol. The summed E-state index contributed by atoms with van der Waals surface area (Å²) in [5.41, 5.74) is -0.386. The highest BCUT2D eigenvalue weighted by atomic mass is 19.1. The summed E-state index contributed by atoms with van der Waals surface area (Å²) in [6, 6.07) is 5.62. The number of rotatable bonds is 3. The molecule has 1 aromatic rings. The molecule has 1 saturated heterocycles. The lowest BCUT2D eigenvalue weighted by Gasteiger charge is -2.40. The van der Waals surface area contributed by atoms with Gasteiger partial charge in [-0.2, -0.15) is 0 Å². The van der Waals surface area contributed by atoms with Crippen molar-refractivity contribution in [1.29, 1.82) is 0 Å². The Morgan fingerprint density at radius 3 is 2.89 bits per heavy atom. The van der Waals surface area contributed by atoms with Crippen molar-refractivity contribution >= 4 is 11.7 Å². The average Bonchev–Trinajstić information content (AvgIpc) is 2.35. The Morgan fingerprint density at radius 1 is 1.47 bits per heavy atom. The number of benzene rings is 1. The summed E-state index contributed by atoms with van der Waals surface area (Å²) in [4.78, 5) is 25.7. The molecule has 0 bridgehead atoms. The van der Waals surface area contributed by atoms with E-state index in [0.717, 1.165) is 0 Å². The molecule has 0 saturated carbocycles. The number of nitrogens with zero attached hydrogens (tertiary/aromatic N) is 1. The molecule has 1 fully saturated rings. The molecule has 2 rings (SSSR count). The molecule has 5 heteroatoms. The second-order valence-electron chi connectivity index (χ2n) is 5.17. The number of amides is 1. The fraction of sp³-hybridized carbons (Fsp3) is 0.429. The molecule has 0 atom stereocenters. The highest BCUT2D eigenvalue weighted by Crippen LogP contribution is 2.18. The van der Waals surface area contributed by atoms with Gasteiger partial charge < -0.3 is 5.32 Å². The Labute approximate surface area is 111 Å². The van der Waals surface area contributed by atoms with Crippen LogP contribution < -0.4 is 5.32 Å². The summed E-state index contributed by atoms with van der Waals surface area (Å²) in [5, 5.41) is 2.77. The number of hydrogen-bond donors (Lipinski definition) is 1. The van der Waals surface area contributed by atoms with Gasteiger partial charge in [0, 0.05) is 18.7 Å². The number of Topliss-reactive ketones (excluding diaryl/α,β-unsaturated/α-hetero) is 1. The standard InChI is InChI=1S/C14H17FN2O2/c1-14(2)13(19)16-6-7-17(14)9-12(18)10-4-3-5-11(15)8-10/h3-5,8H,6-7,9H2,1-2H3,(H,16,19). The molecule has 4 nitrogen and oxygen atoms in total. The Kier molecular flexibility index (Phi) is 3.66. The van der Waals surface area contributed by atoms with E-state index < -0.39 is 11.4 Å². The van der Waals surface area contributed by atoms with Gasteiger partial charge in [0.05, 0.1) is 12.1 Å². The van der Waals surface area contributed by atoms with Gasteiger partial charge in [-0.05, 0) is 26.0 Å². The smallest absolute Gasteiger partial charge is 0.240 e. The molecule has 1 aromatic carbocycles. The summed E-state index contributed by atoms with van der Waals surface area (Å²) in [6.45, 7) is 4.81. The predicted octanol–water partition coefficient (Wildman–Crippen LogP) is 1.22. The summed E-state index contributed by atoms with van der Waals surface area (Å²) in [6.07, 6.45) is 0. The lowest BCUT2D eigenvalue weighted by atomic mass is 9.98. The van der Waals surface area contributed by atoms with Crippen molar-refractivity contribution in [2.45, 2.75) is 19.4 Å². The van der Waals surface area contributed by atoms with E-state index >= 15 is 0 Å². The summed E-state index contributed by atoms with van der Waals surface area (Å²) in [5.74, 6) is -0.699. The van der Waals surface area contributed by atoms with E-state index in [9.17, 15) is 14.0 Å². The van der Waals surface area contributed by atoms with E-state index in [1.165, 1.54) is 18.2 Å². The van der Waals surface area contributed by atoms with Crippen molar-refractivity contribution in [3.05, 3.63) is 35.6 Å². The van der Waals surface area contributed by atoms with Crippen molar-refractivity contribution in [1.82, 2.24) is 10.2 Å². The zero-order valence-corrected chi connectivity index (χ0v) is 11.1. The molecule has 0 aliphatic carbocycles. The molecule has 1 aliphatic heterocycles. The molecule has 19 heavy (non-hydrogen) atoms. The Hall–Kier alpha value is -1.75. The third-order valence-corrected chi connectivity index (χ3v) is 3.49. The molecule has 1 amide bonds. The van der Waals surface area contributed by atoms with Gasteiger partial charge in [0.1, 0.15) is 5.82 Å². The molecule has 102 valence electrons. The van der Waals surface area contributed by atoms with E-state index in [-0.39, 0.29) is 18.2 Å². The normalized spacial score (nSPS) is 19.0. The van der Waals surface area contributed by atoms with Crippen LogP contribution in [0.4, 0.5) is 4.39 Å². The van der Waals surface area contributed by atoms with Crippen molar-refractivity contribution in [2.24, 2.45) is 0 Å². The monoisotopic (exact) mass is 264 g/mol. The third-order valence-electron chi connectivity index (χ3n) is 3.49. The summed E-state index contributed by atoms with van der Waals surface area (Å²) in [7, 11) is 0. The van der Waals surface area contributed by atoms with Gasteiger partial charge in [-0.25, -0.2) is 4.39 Å². The largest absolute Gasteiger partial charge is 0.353 e. The molecule has 1 aliphatic rings. The van der Waals surface area contributed by atoms with Gasteiger partial charge >= 0.3 is 0 Å². The van der Waals surface area contributed by atoms with Crippen molar-refractivity contribution in [2.75, 3.05) is 19.6 Å². The van der Waals surface area contributed by atoms with E-state index in [0.29, 0.717) is 18.7 Å². The fourth-order valence-electron chi connectivity index (χ4n) is 2.15. The first-order valence-electron chi connectivity index (χ1n) is 6.23. The zero-order valence-electron chi connectivity index (χ0n) is 11.1. The first kappa shape index (κ1) is 13.7. The predicted molar refractivity (Wildman–Crippen MR) is 69.4 cm³/mol. The number of ketones is 1. The SMILES string of the molecule is CC1(C)C(=O)NCCN1CC(=O)c1cccc(F)c1. The maximum atomic E-state index is 13.1. The van der Waals surface area contributed by atoms with Crippen molar-refractivity contribution in [3.63, 3.8) is 0 Å². The topological polar surface area (TPSA) is 49.4 Å². The van der Waals surface area contributed by atoms with Crippen LogP contribution in [-0.4, -0.2) is 41.8 Å². The van der Waals surface area contributed by atoms with Crippen LogP contribution in [0.1, 0.15) is 24.2 Å². The molecule has 0 aromatic heterocycles. The van der Waals surface area contributed by atoms with Crippen LogP contribution in [0.25, 0.3) is 0 Å². The van der Waals surface area contributed by atoms with Crippen LogP contribution >= 0.6 is 0 Å². The van der Waals surface area contributed by atoms with Crippen LogP contribution in [0, 0.1) is 5.82 Å². The van der Waals surface area contributed by atoms with E-state index in [4.69, 9.17) is 0 Å². The highest BCUT2D eigenvalue weighted by Gasteiger charge is 2.38. The zero-order chi connectivity index (χ0) is 14.0. The van der Waals surface area contributed by atoms with Crippen LogP contribution in [0.5, 0.6) is 0 Å². The number of piperazine rings is 1. The van der Waals surface area contributed by atoms with E-state index in [1.54, 1.807) is 19.9 Å². The third kappa shape index (κ3) is 2.81. The van der Waals surface area contributed by atoms with Crippen LogP contribution in [0.15, 0.2) is 24.3 Å². The molecule has 0 radical (unpaired) electrons. The summed E-state index contributed by atoms with van der Waals surface area (Å²) < 4.78 is 13.1. The second kappa shape index (κ2) is 5.09. The molecule has 1 heterocycles. The quantitative estimate of drug-likeness (QED) is 0.835. The maximum Gasteiger partial charge on any atom is 0.240 e. The molecule has 0 spiro atoms. The van der Waals surface area contributed by atoms with Gasteiger partial charge in [0.2, 0.25) is 5.91 Å². The van der Waals surface area contributed by atoms with Crippen LogP contribution in [0.2, 0.25) is 0 Å². The van der Waals surface area contributed by atoms with E-state index in [2.05, 4.69) is 5.32 Å². The Morgan fingerprint density at radius 2 is 2.21 bits per heavy atom. The van der Waals surface area contributed by atoms with Crippen molar-refractivity contribution in [3.8, 4) is 0 Å². The molecular weight excluding hydrogens is 247 g/mol. The maximum absolute atomic E-state index is 13.1. The minimum absolute atomic E-state index is 0.0919. The van der Waals surface area contributed by atoms with Crippen molar-refractivity contribution < 1.29 is 14.0 Å². The first-order chi connectivity index (χ1) is 8.91. The number of carbonyl (C=O) groups excluding carboxylic acids is 2. The second-order valence-corrected chi connectivity index (χ2v) is 5.17. The van der Waals surface area contributed by atoms with Gasteiger partial charge in [0.15, 0.2) is 5.78 Å². The highest BCUT2D eigenvalue weighted by molar-refractivity contribution is 5.98. The van der Waals surface area contributed by atoms with Gasteiger partial charge in [-0.3, -0.25) is 14.5 Å². The van der Waals surface area contributed by atoms with Crippen LogP contribution in [-0.2, 0) is 4.79 Å². The lowest BCUT2D eigenvalue weighted by molar-refractivity contribution is -0.134. The number of halogens is 1.